The van der Waals surface area contributed by atoms with E-state index in [1.807, 2.05) is 56.0 Å². The summed E-state index contributed by atoms with van der Waals surface area (Å²) in [4.78, 5) is 13.5. The highest BCUT2D eigenvalue weighted by Crippen LogP contribution is 2.34. The lowest BCUT2D eigenvalue weighted by molar-refractivity contribution is 0.412. The Morgan fingerprint density at radius 1 is 0.971 bits per heavy atom. The molecule has 6 heteroatoms. The first-order valence-electron chi connectivity index (χ1n) is 11.9. The minimum Gasteiger partial charge on any atom is -0.378 e. The molecule has 34 heavy (non-hydrogen) atoms. The van der Waals surface area contributed by atoms with Gasteiger partial charge in [-0.15, -0.1) is 0 Å². The molecule has 0 aliphatic heterocycles. The van der Waals surface area contributed by atoms with Crippen LogP contribution in [0.3, 0.4) is 0 Å². The molecule has 2 aromatic heterocycles. The van der Waals surface area contributed by atoms with Crippen molar-refractivity contribution in [1.82, 2.24) is 14.3 Å². The van der Waals surface area contributed by atoms with Gasteiger partial charge in [-0.05, 0) is 54.9 Å². The van der Waals surface area contributed by atoms with Crippen LogP contribution in [0.4, 0.5) is 5.69 Å². The van der Waals surface area contributed by atoms with Crippen molar-refractivity contribution >= 4 is 17.3 Å². The quantitative estimate of drug-likeness (QED) is 0.369. The molecule has 5 rings (SSSR count). The van der Waals surface area contributed by atoms with E-state index in [1.54, 1.807) is 9.25 Å². The van der Waals surface area contributed by atoms with Crippen molar-refractivity contribution in [3.05, 3.63) is 106 Å². The summed E-state index contributed by atoms with van der Waals surface area (Å²) in [5.74, 6) is 0.595. The summed E-state index contributed by atoms with van der Waals surface area (Å²) in [6.07, 6.45) is 10.0. The molecule has 1 fully saturated rings. The first-order valence-corrected chi connectivity index (χ1v) is 12.2. The fourth-order valence-corrected chi connectivity index (χ4v) is 5.11. The van der Waals surface area contributed by atoms with Gasteiger partial charge in [0.2, 0.25) is 0 Å². The van der Waals surface area contributed by atoms with Gasteiger partial charge in [0.25, 0.3) is 5.56 Å². The third kappa shape index (κ3) is 4.95. The summed E-state index contributed by atoms with van der Waals surface area (Å²) in [5.41, 5.74) is 4.88. The van der Waals surface area contributed by atoms with Crippen molar-refractivity contribution in [3.8, 4) is 11.1 Å². The van der Waals surface area contributed by atoms with Crippen LogP contribution >= 0.6 is 11.6 Å². The highest BCUT2D eigenvalue weighted by atomic mass is 35.5. The molecule has 1 saturated carbocycles. The Bertz CT molecular complexity index is 1320. The number of halogens is 1. The second-order valence-electron chi connectivity index (χ2n) is 9.17. The molecule has 1 aliphatic rings. The summed E-state index contributed by atoms with van der Waals surface area (Å²) < 4.78 is 3.53. The van der Waals surface area contributed by atoms with E-state index in [4.69, 9.17) is 11.6 Å². The average molecular weight is 473 g/mol. The zero-order valence-electron chi connectivity index (χ0n) is 19.3. The van der Waals surface area contributed by atoms with Crippen molar-refractivity contribution in [1.29, 1.82) is 0 Å². The van der Waals surface area contributed by atoms with Crippen molar-refractivity contribution in [2.45, 2.75) is 44.2 Å². The van der Waals surface area contributed by atoms with Gasteiger partial charge in [-0.1, -0.05) is 60.1 Å². The van der Waals surface area contributed by atoms with E-state index in [0.29, 0.717) is 23.2 Å². The average Bonchev–Trinajstić information content (AvgIpc) is 3.30. The molecule has 0 spiro atoms. The number of nitrogens with one attached hydrogen (secondary N) is 1. The number of benzene rings is 2. The van der Waals surface area contributed by atoms with Crippen molar-refractivity contribution in [2.75, 3.05) is 5.32 Å². The lowest BCUT2D eigenvalue weighted by Gasteiger charge is -2.30. The predicted molar refractivity (Wildman–Crippen MR) is 139 cm³/mol. The Hall–Kier alpha value is -3.31. The Kier molecular flexibility index (Phi) is 6.54. The number of aryl methyl sites for hydroxylation is 1. The molecule has 2 aromatic carbocycles. The van der Waals surface area contributed by atoms with Crippen LogP contribution in [0, 0.1) is 0 Å². The van der Waals surface area contributed by atoms with Crippen LogP contribution in [0.2, 0.25) is 5.02 Å². The standard InChI is InChI=1S/C28H29ClN4O/c1-32-17-24(16-30-32)23-15-27(28(34)33(19-23)18-22-9-5-6-10-26(22)29)31-25-13-11-21(12-14-25)20-7-3-2-4-8-20/h2-10,15-17,19,21,25,31H,11-14,18H2,1H3/t21-,25+. The van der Waals surface area contributed by atoms with Gasteiger partial charge in [0.15, 0.2) is 0 Å². The van der Waals surface area contributed by atoms with Crippen molar-refractivity contribution in [3.63, 3.8) is 0 Å². The molecule has 2 heterocycles. The summed E-state index contributed by atoms with van der Waals surface area (Å²) in [6.45, 7) is 0.419. The zero-order valence-corrected chi connectivity index (χ0v) is 20.1. The number of nitrogens with zero attached hydrogens (tertiary/aromatic N) is 3. The lowest BCUT2D eigenvalue weighted by atomic mass is 9.82. The van der Waals surface area contributed by atoms with Gasteiger partial charge in [0, 0.05) is 41.6 Å². The van der Waals surface area contributed by atoms with Crippen LogP contribution in [-0.4, -0.2) is 20.4 Å². The van der Waals surface area contributed by atoms with E-state index in [9.17, 15) is 4.79 Å². The molecular formula is C28H29ClN4O. The Morgan fingerprint density at radius 3 is 2.41 bits per heavy atom. The topological polar surface area (TPSA) is 51.9 Å². The molecule has 5 nitrogen and oxygen atoms in total. The van der Waals surface area contributed by atoms with Gasteiger partial charge >= 0.3 is 0 Å². The highest BCUT2D eigenvalue weighted by Gasteiger charge is 2.23. The number of hydrogen-bond acceptors (Lipinski definition) is 3. The number of rotatable bonds is 6. The molecule has 1 N–H and O–H groups in total. The number of hydrogen-bond donors (Lipinski definition) is 1. The van der Waals surface area contributed by atoms with Crippen LogP contribution in [0.15, 0.2) is 84.0 Å². The maximum absolute atomic E-state index is 13.5. The maximum atomic E-state index is 13.5. The van der Waals surface area contributed by atoms with Gasteiger partial charge in [0.1, 0.15) is 5.69 Å². The van der Waals surface area contributed by atoms with E-state index in [1.165, 1.54) is 5.56 Å². The molecule has 174 valence electrons. The molecule has 0 bridgehead atoms. The fourth-order valence-electron chi connectivity index (χ4n) is 4.91. The Morgan fingerprint density at radius 2 is 1.71 bits per heavy atom. The van der Waals surface area contributed by atoms with E-state index < -0.39 is 0 Å². The molecule has 0 atom stereocenters. The third-order valence-corrected chi connectivity index (χ3v) is 7.15. The molecule has 0 amide bonds. The van der Waals surface area contributed by atoms with Crippen LogP contribution in [0.5, 0.6) is 0 Å². The molecular weight excluding hydrogens is 444 g/mol. The Labute approximate surface area is 205 Å². The number of anilines is 1. The van der Waals surface area contributed by atoms with Crippen LogP contribution < -0.4 is 10.9 Å². The smallest absolute Gasteiger partial charge is 0.274 e. The minimum absolute atomic E-state index is 0.0299. The van der Waals surface area contributed by atoms with E-state index in [2.05, 4.69) is 40.7 Å². The second-order valence-corrected chi connectivity index (χ2v) is 9.58. The molecule has 1 aliphatic carbocycles. The second kappa shape index (κ2) is 9.90. The van der Waals surface area contributed by atoms with Crippen LogP contribution in [-0.2, 0) is 13.6 Å². The predicted octanol–water partition coefficient (Wildman–Crippen LogP) is 6.09. The van der Waals surface area contributed by atoms with Crippen molar-refractivity contribution in [2.24, 2.45) is 7.05 Å². The normalized spacial score (nSPS) is 18.1. The van der Waals surface area contributed by atoms with Gasteiger partial charge in [-0.3, -0.25) is 9.48 Å². The first-order chi connectivity index (χ1) is 16.6. The first kappa shape index (κ1) is 22.5. The summed E-state index contributed by atoms with van der Waals surface area (Å²) in [5, 5.41) is 8.56. The van der Waals surface area contributed by atoms with E-state index >= 15 is 0 Å². The van der Waals surface area contributed by atoms with Crippen molar-refractivity contribution < 1.29 is 0 Å². The van der Waals surface area contributed by atoms with Crippen LogP contribution in [0.1, 0.15) is 42.7 Å². The molecule has 0 radical (unpaired) electrons. The monoisotopic (exact) mass is 472 g/mol. The van der Waals surface area contributed by atoms with Gasteiger partial charge < -0.3 is 9.88 Å². The van der Waals surface area contributed by atoms with E-state index in [0.717, 1.165) is 42.4 Å². The Balaban J connectivity index is 1.41. The van der Waals surface area contributed by atoms with Gasteiger partial charge in [-0.25, -0.2) is 0 Å². The van der Waals surface area contributed by atoms with Gasteiger partial charge in [0.05, 0.1) is 12.7 Å². The third-order valence-electron chi connectivity index (χ3n) is 6.78. The molecule has 0 unspecified atom stereocenters. The zero-order chi connectivity index (χ0) is 23.5. The fraction of sp³-hybridized carbons (Fsp3) is 0.286. The largest absolute Gasteiger partial charge is 0.378 e. The highest BCUT2D eigenvalue weighted by molar-refractivity contribution is 6.31. The number of aromatic nitrogens is 3. The summed E-state index contributed by atoms with van der Waals surface area (Å²) in [7, 11) is 1.90. The van der Waals surface area contributed by atoms with E-state index in [-0.39, 0.29) is 11.6 Å². The summed E-state index contributed by atoms with van der Waals surface area (Å²) >= 11 is 6.40. The summed E-state index contributed by atoms with van der Waals surface area (Å²) in [6, 6.07) is 20.7. The number of pyridine rings is 1. The van der Waals surface area contributed by atoms with Crippen LogP contribution in [0.25, 0.3) is 11.1 Å². The molecule has 4 aromatic rings. The minimum atomic E-state index is -0.0299. The SMILES string of the molecule is Cn1cc(-c2cc(N[C@H]3CC[C@@H](c4ccccc4)CC3)c(=O)n(Cc3ccccc3Cl)c2)cn1. The lowest BCUT2D eigenvalue weighted by Crippen LogP contribution is -2.31. The molecule has 0 saturated heterocycles. The maximum Gasteiger partial charge on any atom is 0.274 e. The van der Waals surface area contributed by atoms with Gasteiger partial charge in [-0.2, -0.15) is 5.10 Å².